The van der Waals surface area contributed by atoms with Crippen molar-refractivity contribution in [3.05, 3.63) is 70.6 Å². The van der Waals surface area contributed by atoms with E-state index in [1.807, 2.05) is 42.5 Å². The molecule has 6 heteroatoms. The van der Waals surface area contributed by atoms with E-state index >= 15 is 0 Å². The van der Waals surface area contributed by atoms with E-state index in [4.69, 9.17) is 4.98 Å². The first kappa shape index (κ1) is 19.2. The Morgan fingerprint density at radius 2 is 2.03 bits per heavy atom. The van der Waals surface area contributed by atoms with Crippen LogP contribution < -0.4 is 10.9 Å². The molecule has 0 aliphatic carbocycles. The van der Waals surface area contributed by atoms with Crippen molar-refractivity contribution in [3.8, 4) is 0 Å². The van der Waals surface area contributed by atoms with Crippen LogP contribution in [0.1, 0.15) is 31.6 Å². The van der Waals surface area contributed by atoms with E-state index < -0.39 is 6.23 Å². The Morgan fingerprint density at radius 3 is 2.87 bits per heavy atom. The highest BCUT2D eigenvalue weighted by atomic mass is 16.3. The molecule has 0 radical (unpaired) electrons. The van der Waals surface area contributed by atoms with Crippen molar-refractivity contribution < 1.29 is 5.11 Å². The fourth-order valence-corrected chi connectivity index (χ4v) is 4.58. The van der Waals surface area contributed by atoms with Gasteiger partial charge in [-0.25, -0.2) is 4.98 Å². The van der Waals surface area contributed by atoms with E-state index in [0.717, 1.165) is 23.9 Å². The average Bonchev–Trinajstić information content (AvgIpc) is 3.18. The van der Waals surface area contributed by atoms with Crippen molar-refractivity contribution in [3.63, 3.8) is 0 Å². The molecule has 4 aromatic rings. The number of aliphatic hydroxyl groups is 1. The Labute approximate surface area is 174 Å². The number of aromatic nitrogens is 2. The fourth-order valence-electron chi connectivity index (χ4n) is 4.58. The molecule has 1 fully saturated rings. The Kier molecular flexibility index (Phi) is 4.98. The molecular formula is C24H26N4O2. The quantitative estimate of drug-likeness (QED) is 0.305. The minimum Gasteiger partial charge on any atom is -0.374 e. The molecule has 3 heterocycles. The van der Waals surface area contributed by atoms with Gasteiger partial charge in [-0.2, -0.15) is 0 Å². The van der Waals surface area contributed by atoms with Crippen molar-refractivity contribution in [2.75, 3.05) is 19.6 Å². The molecule has 2 N–H and O–H groups in total. The summed E-state index contributed by atoms with van der Waals surface area (Å²) < 4.78 is 1.53. The Hall–Kier alpha value is -2.80. The maximum atomic E-state index is 13.1. The van der Waals surface area contributed by atoms with Crippen molar-refractivity contribution in [1.29, 1.82) is 0 Å². The molecule has 0 amide bonds. The number of likely N-dealkylation sites (tertiary alicyclic amines) is 1. The summed E-state index contributed by atoms with van der Waals surface area (Å²) in [5.41, 5.74) is 1.64. The van der Waals surface area contributed by atoms with E-state index in [2.05, 4.69) is 17.1 Å². The first-order valence-electron chi connectivity index (χ1n) is 10.6. The van der Waals surface area contributed by atoms with Gasteiger partial charge in [0.1, 0.15) is 11.9 Å². The molecule has 1 aliphatic rings. The number of pyridine rings is 1. The molecule has 1 unspecified atom stereocenters. The third kappa shape index (κ3) is 3.27. The van der Waals surface area contributed by atoms with E-state index in [-0.39, 0.29) is 5.56 Å². The van der Waals surface area contributed by atoms with Crippen LogP contribution in [0.25, 0.3) is 27.3 Å². The van der Waals surface area contributed by atoms with E-state index in [1.54, 1.807) is 12.3 Å². The molecule has 0 bridgehead atoms. The third-order valence-electron chi connectivity index (χ3n) is 6.29. The largest absolute Gasteiger partial charge is 0.374 e. The standard InChI is InChI=1S/C24H26N4O2/c1-16-6-4-13-27(16)15-12-25-23(29)20-9-5-14-28-22(20)26-21-18-8-3-2-7-17(18)10-11-19(21)24(28)30/h2-3,5,7-11,14,16,23,25,29H,4,6,12-13,15H2,1H3/t16-,23?/m1/s1. The lowest BCUT2D eigenvalue weighted by molar-refractivity contribution is 0.132. The first-order chi connectivity index (χ1) is 14.6. The fraction of sp³-hybridized carbons (Fsp3) is 0.333. The van der Waals surface area contributed by atoms with Crippen molar-refractivity contribution >= 4 is 27.3 Å². The average molecular weight is 402 g/mol. The molecule has 0 saturated carbocycles. The monoisotopic (exact) mass is 402 g/mol. The smallest absolute Gasteiger partial charge is 0.265 e. The van der Waals surface area contributed by atoms with Gasteiger partial charge >= 0.3 is 0 Å². The van der Waals surface area contributed by atoms with Crippen LogP contribution >= 0.6 is 0 Å². The lowest BCUT2D eigenvalue weighted by atomic mass is 10.1. The molecule has 5 rings (SSSR count). The highest BCUT2D eigenvalue weighted by Crippen LogP contribution is 2.24. The van der Waals surface area contributed by atoms with E-state index in [0.29, 0.717) is 34.7 Å². The van der Waals surface area contributed by atoms with Gasteiger partial charge in [-0.3, -0.25) is 19.4 Å². The highest BCUT2D eigenvalue weighted by Gasteiger charge is 2.20. The third-order valence-corrected chi connectivity index (χ3v) is 6.29. The van der Waals surface area contributed by atoms with Gasteiger partial charge in [0.2, 0.25) is 0 Å². The summed E-state index contributed by atoms with van der Waals surface area (Å²) >= 11 is 0. The summed E-state index contributed by atoms with van der Waals surface area (Å²) in [6.45, 7) is 4.93. The lowest BCUT2D eigenvalue weighted by Gasteiger charge is -2.22. The van der Waals surface area contributed by atoms with E-state index in [1.165, 1.54) is 17.2 Å². The van der Waals surface area contributed by atoms with Crippen LogP contribution in [0.5, 0.6) is 0 Å². The van der Waals surface area contributed by atoms with Gasteiger partial charge in [0.05, 0.1) is 10.9 Å². The van der Waals surface area contributed by atoms with Gasteiger partial charge < -0.3 is 5.11 Å². The van der Waals surface area contributed by atoms with Gasteiger partial charge in [0.15, 0.2) is 0 Å². The number of nitrogens with one attached hydrogen (secondary N) is 1. The number of hydrogen-bond acceptors (Lipinski definition) is 5. The summed E-state index contributed by atoms with van der Waals surface area (Å²) in [5, 5.41) is 16.6. The van der Waals surface area contributed by atoms with Crippen LogP contribution in [0.3, 0.4) is 0 Å². The Morgan fingerprint density at radius 1 is 1.17 bits per heavy atom. The summed E-state index contributed by atoms with van der Waals surface area (Å²) in [5.74, 6) is 0. The summed E-state index contributed by atoms with van der Waals surface area (Å²) in [6, 6.07) is 15.9. The van der Waals surface area contributed by atoms with Gasteiger partial charge in [-0.1, -0.05) is 30.3 Å². The van der Waals surface area contributed by atoms with Crippen LogP contribution in [-0.4, -0.2) is 45.1 Å². The van der Waals surface area contributed by atoms with Crippen molar-refractivity contribution in [2.45, 2.75) is 32.0 Å². The normalized spacial score (nSPS) is 18.5. The summed E-state index contributed by atoms with van der Waals surface area (Å²) in [7, 11) is 0. The number of hydrogen-bond donors (Lipinski definition) is 2. The molecule has 154 valence electrons. The van der Waals surface area contributed by atoms with Crippen molar-refractivity contribution in [1.82, 2.24) is 19.6 Å². The second-order valence-electron chi connectivity index (χ2n) is 8.14. The second-order valence-corrected chi connectivity index (χ2v) is 8.14. The topological polar surface area (TPSA) is 69.9 Å². The Bertz CT molecular complexity index is 1280. The SMILES string of the molecule is C[C@@H]1CCCN1CCNC(O)c1cccn2c(=O)c3ccc4ccccc4c3nc12. The number of aliphatic hydroxyl groups excluding tert-OH is 1. The van der Waals surface area contributed by atoms with Gasteiger partial charge in [0, 0.05) is 36.3 Å². The molecule has 2 aromatic heterocycles. The predicted molar refractivity (Wildman–Crippen MR) is 120 cm³/mol. The predicted octanol–water partition coefficient (Wildman–Crippen LogP) is 3.07. The molecule has 30 heavy (non-hydrogen) atoms. The zero-order valence-electron chi connectivity index (χ0n) is 17.1. The van der Waals surface area contributed by atoms with Crippen LogP contribution in [-0.2, 0) is 0 Å². The minimum absolute atomic E-state index is 0.124. The molecule has 0 spiro atoms. The zero-order valence-corrected chi connectivity index (χ0v) is 17.1. The summed E-state index contributed by atoms with van der Waals surface area (Å²) in [4.78, 5) is 20.4. The molecule has 1 aliphatic heterocycles. The van der Waals surface area contributed by atoms with Crippen LogP contribution in [0.2, 0.25) is 0 Å². The van der Waals surface area contributed by atoms with Crippen LogP contribution in [0.4, 0.5) is 0 Å². The maximum Gasteiger partial charge on any atom is 0.265 e. The maximum absolute atomic E-state index is 13.1. The second kappa shape index (κ2) is 7.80. The van der Waals surface area contributed by atoms with Crippen LogP contribution in [0.15, 0.2) is 59.5 Å². The van der Waals surface area contributed by atoms with Gasteiger partial charge in [-0.15, -0.1) is 0 Å². The highest BCUT2D eigenvalue weighted by molar-refractivity contribution is 6.05. The van der Waals surface area contributed by atoms with Gasteiger partial charge in [-0.05, 0) is 49.9 Å². The molecule has 2 atom stereocenters. The van der Waals surface area contributed by atoms with E-state index in [9.17, 15) is 9.90 Å². The molecular weight excluding hydrogens is 376 g/mol. The number of fused-ring (bicyclic) bond motifs is 4. The van der Waals surface area contributed by atoms with Crippen molar-refractivity contribution in [2.24, 2.45) is 0 Å². The number of rotatable bonds is 5. The first-order valence-corrected chi connectivity index (χ1v) is 10.6. The zero-order chi connectivity index (χ0) is 20.7. The number of benzene rings is 2. The van der Waals surface area contributed by atoms with Gasteiger partial charge in [0.25, 0.3) is 5.56 Å². The Balaban J connectivity index is 1.53. The summed E-state index contributed by atoms with van der Waals surface area (Å²) in [6.07, 6.45) is 3.29. The molecule has 2 aromatic carbocycles. The molecule has 1 saturated heterocycles. The molecule has 6 nitrogen and oxygen atoms in total. The minimum atomic E-state index is -0.890. The lowest BCUT2D eigenvalue weighted by Crippen LogP contribution is -2.35. The number of nitrogens with zero attached hydrogens (tertiary/aromatic N) is 3. The van der Waals surface area contributed by atoms with Crippen LogP contribution in [0, 0.1) is 0 Å².